The van der Waals surface area contributed by atoms with E-state index >= 15 is 0 Å². The van der Waals surface area contributed by atoms with Crippen molar-refractivity contribution < 1.29 is 4.39 Å². The lowest BCUT2D eigenvalue weighted by Crippen LogP contribution is -2.39. The molecule has 0 amide bonds. The van der Waals surface area contributed by atoms with E-state index in [9.17, 15) is 4.39 Å². The van der Waals surface area contributed by atoms with Crippen LogP contribution in [-0.4, -0.2) is 35.6 Å². The number of aromatic nitrogens is 6. The maximum Gasteiger partial charge on any atom is 0.178 e. The molecule has 0 aliphatic heterocycles. The minimum atomic E-state index is -1.02. The van der Waals surface area contributed by atoms with E-state index in [0.29, 0.717) is 31.1 Å². The van der Waals surface area contributed by atoms with Crippen molar-refractivity contribution in [3.63, 3.8) is 0 Å². The molecule has 2 N–H and O–H groups in total. The number of aromatic amines is 1. The number of hydrogen-bond donors (Lipinski definition) is 2. The van der Waals surface area contributed by atoms with Gasteiger partial charge in [-0.3, -0.25) is 10.1 Å². The highest BCUT2D eigenvalue weighted by atomic mass is 19.1. The van der Waals surface area contributed by atoms with Crippen molar-refractivity contribution in [2.24, 2.45) is 5.92 Å². The first-order chi connectivity index (χ1) is 13.0. The zero-order valence-electron chi connectivity index (χ0n) is 15.2. The molecule has 0 unspecified atom stereocenters. The normalized spacial score (nSPS) is 22.3. The third-order valence-corrected chi connectivity index (χ3v) is 5.21. The van der Waals surface area contributed by atoms with Crippen molar-refractivity contribution in [3.05, 3.63) is 36.3 Å². The zero-order chi connectivity index (χ0) is 18.6. The molecule has 0 spiro atoms. The fourth-order valence-corrected chi connectivity index (χ4v) is 4.00. The standard InChI is InChI=1S/C19H20FN7/c1-11-14-6-13(23-17-16-15(24-25-17)4-3-5-21-16)9-22-18(14)27(26-11)10-12-7-19(2,20)8-12/h3-6,9,12H,7-8,10H2,1-2H3,(H2,23,24,25). The first-order valence-corrected chi connectivity index (χ1v) is 9.07. The van der Waals surface area contributed by atoms with E-state index in [-0.39, 0.29) is 0 Å². The number of hydrogen-bond acceptors (Lipinski definition) is 5. The lowest BCUT2D eigenvalue weighted by molar-refractivity contribution is 0.0161. The van der Waals surface area contributed by atoms with E-state index in [4.69, 9.17) is 0 Å². The Bertz CT molecular complexity index is 1140. The van der Waals surface area contributed by atoms with Gasteiger partial charge in [-0.1, -0.05) is 0 Å². The third-order valence-electron chi connectivity index (χ3n) is 5.21. The SMILES string of the molecule is Cc1nn(CC2CC(C)(F)C2)c2ncc(Nc3n[nH]c4cccnc34)cc12. The van der Waals surface area contributed by atoms with Gasteiger partial charge in [0.25, 0.3) is 0 Å². The molecule has 4 aromatic rings. The molecule has 4 heterocycles. The molecule has 7 nitrogen and oxygen atoms in total. The number of pyridine rings is 2. The number of nitrogens with zero attached hydrogens (tertiary/aromatic N) is 5. The molecule has 4 aromatic heterocycles. The first kappa shape index (κ1) is 16.2. The van der Waals surface area contributed by atoms with Crippen LogP contribution in [0.2, 0.25) is 0 Å². The average molecular weight is 365 g/mol. The van der Waals surface area contributed by atoms with Crippen LogP contribution in [0.4, 0.5) is 15.9 Å². The maximum absolute atomic E-state index is 13.8. The van der Waals surface area contributed by atoms with Gasteiger partial charge >= 0.3 is 0 Å². The van der Waals surface area contributed by atoms with Crippen molar-refractivity contribution in [2.75, 3.05) is 5.32 Å². The summed E-state index contributed by atoms with van der Waals surface area (Å²) < 4.78 is 15.7. The molecule has 1 aliphatic carbocycles. The van der Waals surface area contributed by atoms with Crippen molar-refractivity contribution in [3.8, 4) is 0 Å². The fourth-order valence-electron chi connectivity index (χ4n) is 4.00. The summed E-state index contributed by atoms with van der Waals surface area (Å²) in [5.41, 5.74) is 3.20. The van der Waals surface area contributed by atoms with E-state index in [2.05, 4.69) is 30.6 Å². The molecule has 0 radical (unpaired) electrons. The van der Waals surface area contributed by atoms with E-state index in [1.165, 1.54) is 0 Å². The minimum Gasteiger partial charge on any atom is -0.336 e. The average Bonchev–Trinajstić information content (AvgIpc) is 3.15. The number of alkyl halides is 1. The van der Waals surface area contributed by atoms with E-state index in [1.54, 1.807) is 19.3 Å². The highest BCUT2D eigenvalue weighted by molar-refractivity contribution is 5.89. The van der Waals surface area contributed by atoms with Gasteiger partial charge in [0.15, 0.2) is 11.5 Å². The second-order valence-corrected chi connectivity index (χ2v) is 7.65. The highest BCUT2D eigenvalue weighted by Gasteiger charge is 2.40. The van der Waals surface area contributed by atoms with Gasteiger partial charge in [0.05, 0.1) is 23.1 Å². The Morgan fingerprint density at radius 2 is 2.22 bits per heavy atom. The molecule has 0 atom stereocenters. The van der Waals surface area contributed by atoms with Gasteiger partial charge in [-0.05, 0) is 50.8 Å². The number of anilines is 2. The van der Waals surface area contributed by atoms with Crippen molar-refractivity contribution in [2.45, 2.75) is 38.9 Å². The summed E-state index contributed by atoms with van der Waals surface area (Å²) in [6.45, 7) is 4.34. The van der Waals surface area contributed by atoms with Crippen LogP contribution in [0.5, 0.6) is 0 Å². The number of fused-ring (bicyclic) bond motifs is 2. The molecule has 1 saturated carbocycles. The monoisotopic (exact) mass is 365 g/mol. The molecule has 0 bridgehead atoms. The topological polar surface area (TPSA) is 84.3 Å². The zero-order valence-corrected chi connectivity index (χ0v) is 15.2. The number of aryl methyl sites for hydroxylation is 1. The van der Waals surface area contributed by atoms with Crippen LogP contribution in [0.3, 0.4) is 0 Å². The van der Waals surface area contributed by atoms with Crippen LogP contribution in [0.15, 0.2) is 30.6 Å². The van der Waals surface area contributed by atoms with Gasteiger partial charge in [-0.25, -0.2) is 14.1 Å². The lowest BCUT2D eigenvalue weighted by atomic mass is 9.73. The second kappa shape index (κ2) is 5.73. The highest BCUT2D eigenvalue weighted by Crippen LogP contribution is 2.41. The van der Waals surface area contributed by atoms with Crippen LogP contribution in [0.1, 0.15) is 25.5 Å². The first-order valence-electron chi connectivity index (χ1n) is 9.07. The molecule has 27 heavy (non-hydrogen) atoms. The Morgan fingerprint density at radius 3 is 3.04 bits per heavy atom. The predicted molar refractivity (Wildman–Crippen MR) is 102 cm³/mol. The van der Waals surface area contributed by atoms with Crippen LogP contribution in [0.25, 0.3) is 22.1 Å². The molecule has 0 saturated heterocycles. The Hall–Kier alpha value is -3.03. The number of H-pyrrole nitrogens is 1. The summed E-state index contributed by atoms with van der Waals surface area (Å²) in [6, 6.07) is 5.81. The quantitative estimate of drug-likeness (QED) is 0.573. The molecule has 8 heteroatoms. The Kier molecular flexibility index (Phi) is 3.43. The van der Waals surface area contributed by atoms with Crippen LogP contribution < -0.4 is 5.32 Å². The Morgan fingerprint density at radius 1 is 1.37 bits per heavy atom. The number of nitrogens with one attached hydrogen (secondary N) is 2. The van der Waals surface area contributed by atoms with E-state index in [0.717, 1.165) is 33.4 Å². The van der Waals surface area contributed by atoms with Crippen molar-refractivity contribution in [1.29, 1.82) is 0 Å². The van der Waals surface area contributed by atoms with E-state index in [1.807, 2.05) is 29.8 Å². The van der Waals surface area contributed by atoms with Crippen LogP contribution in [-0.2, 0) is 6.54 Å². The summed E-state index contributed by atoms with van der Waals surface area (Å²) in [6.07, 6.45) is 4.68. The fraction of sp³-hybridized carbons (Fsp3) is 0.368. The van der Waals surface area contributed by atoms with Gasteiger partial charge in [-0.15, -0.1) is 0 Å². The summed E-state index contributed by atoms with van der Waals surface area (Å²) in [7, 11) is 0. The predicted octanol–water partition coefficient (Wildman–Crippen LogP) is 3.89. The van der Waals surface area contributed by atoms with Crippen LogP contribution in [0, 0.1) is 12.8 Å². The Balaban J connectivity index is 1.43. The summed E-state index contributed by atoms with van der Waals surface area (Å²) in [5.74, 6) is 0.983. The lowest BCUT2D eigenvalue weighted by Gasteiger charge is -2.38. The maximum atomic E-state index is 13.8. The van der Waals surface area contributed by atoms with Crippen molar-refractivity contribution >= 4 is 33.6 Å². The van der Waals surface area contributed by atoms with Gasteiger partial charge < -0.3 is 5.32 Å². The number of rotatable bonds is 4. The summed E-state index contributed by atoms with van der Waals surface area (Å²) in [4.78, 5) is 8.95. The molecule has 138 valence electrons. The summed E-state index contributed by atoms with van der Waals surface area (Å²) in [5, 5.41) is 16.1. The van der Waals surface area contributed by atoms with Crippen molar-refractivity contribution in [1.82, 2.24) is 29.9 Å². The van der Waals surface area contributed by atoms with Gasteiger partial charge in [0, 0.05) is 18.1 Å². The van der Waals surface area contributed by atoms with E-state index < -0.39 is 5.67 Å². The molecule has 5 rings (SSSR count). The molecule has 0 aromatic carbocycles. The molecule has 1 aliphatic rings. The largest absolute Gasteiger partial charge is 0.336 e. The minimum absolute atomic E-state index is 0.323. The smallest absolute Gasteiger partial charge is 0.178 e. The van der Waals surface area contributed by atoms with Gasteiger partial charge in [-0.2, -0.15) is 10.2 Å². The second-order valence-electron chi connectivity index (χ2n) is 7.65. The van der Waals surface area contributed by atoms with Gasteiger partial charge in [0.2, 0.25) is 0 Å². The Labute approximate surface area is 155 Å². The third kappa shape index (κ3) is 2.81. The molecule has 1 fully saturated rings. The molecular formula is C19H20FN7. The number of halogens is 1. The van der Waals surface area contributed by atoms with Crippen LogP contribution >= 0.6 is 0 Å². The van der Waals surface area contributed by atoms with Gasteiger partial charge in [0.1, 0.15) is 11.2 Å². The summed E-state index contributed by atoms with van der Waals surface area (Å²) >= 11 is 0. The molecular weight excluding hydrogens is 345 g/mol.